The summed E-state index contributed by atoms with van der Waals surface area (Å²) in [5.74, 6) is 0.876. The third kappa shape index (κ3) is 1.45. The van der Waals surface area contributed by atoms with Gasteiger partial charge in [-0.25, -0.2) is 4.99 Å². The minimum Gasteiger partial charge on any atom is -0.493 e. The van der Waals surface area contributed by atoms with Gasteiger partial charge in [-0.1, -0.05) is 6.92 Å². The lowest BCUT2D eigenvalue weighted by Crippen LogP contribution is -2.21. The van der Waals surface area contributed by atoms with Gasteiger partial charge in [0, 0.05) is 12.5 Å². The zero-order chi connectivity index (χ0) is 6.69. The number of aliphatic hydroxyl groups excluding tert-OH is 1. The average Bonchev–Trinajstić information content (AvgIpc) is 1.88. The lowest BCUT2D eigenvalue weighted by atomic mass is 10.4. The highest BCUT2D eigenvalue weighted by Crippen LogP contribution is 1.99. The molecule has 0 aromatic rings. The summed E-state index contributed by atoms with van der Waals surface area (Å²) in [7, 11) is 0. The number of nitrogens with one attached hydrogen (secondary N) is 1. The van der Waals surface area contributed by atoms with Crippen LogP contribution in [0.25, 0.3) is 0 Å². The van der Waals surface area contributed by atoms with Crippen molar-refractivity contribution in [3.8, 4) is 0 Å². The Morgan fingerprint density at radius 3 is 3.00 bits per heavy atom. The fourth-order valence-electron chi connectivity index (χ4n) is 0.601. The number of nitrogens with zero attached hydrogens (tertiary/aromatic N) is 1. The lowest BCUT2D eigenvalue weighted by Gasteiger charge is -2.08. The van der Waals surface area contributed by atoms with Crippen LogP contribution in [0.4, 0.5) is 0 Å². The van der Waals surface area contributed by atoms with Gasteiger partial charge < -0.3 is 10.4 Å². The van der Waals surface area contributed by atoms with E-state index in [9.17, 15) is 0 Å². The summed E-state index contributed by atoms with van der Waals surface area (Å²) in [6.45, 7) is 3.64. The first-order chi connectivity index (χ1) is 4.33. The zero-order valence-electron chi connectivity index (χ0n) is 5.26. The quantitative estimate of drug-likeness (QED) is 0.548. The number of amidine groups is 1. The fraction of sp³-hybridized carbons (Fsp3) is 0.333. The predicted molar refractivity (Wildman–Crippen MR) is 35.9 cm³/mol. The van der Waals surface area contributed by atoms with Crippen LogP contribution in [-0.4, -0.2) is 10.9 Å². The summed E-state index contributed by atoms with van der Waals surface area (Å²) in [6.07, 6.45) is 2.33. The van der Waals surface area contributed by atoms with Crippen LogP contribution in [0.3, 0.4) is 0 Å². The maximum absolute atomic E-state index is 8.81. The molecule has 0 spiro atoms. The molecule has 0 atom stereocenters. The SMILES string of the molecule is CCC1=NC(O)=C[CH]N1. The first-order valence-electron chi connectivity index (χ1n) is 2.89. The predicted octanol–water partition coefficient (Wildman–Crippen LogP) is 0.959. The molecule has 3 nitrogen and oxygen atoms in total. The van der Waals surface area contributed by atoms with Crippen LogP contribution in [0, 0.1) is 6.54 Å². The van der Waals surface area contributed by atoms with Crippen molar-refractivity contribution in [3.05, 3.63) is 18.5 Å². The van der Waals surface area contributed by atoms with Crippen LogP contribution in [0.15, 0.2) is 17.0 Å². The van der Waals surface area contributed by atoms with Crippen molar-refractivity contribution in [3.63, 3.8) is 0 Å². The molecule has 0 amide bonds. The summed E-state index contributed by atoms with van der Waals surface area (Å²) in [5, 5.41) is 11.7. The molecule has 9 heavy (non-hydrogen) atoms. The normalized spacial score (nSPS) is 17.9. The van der Waals surface area contributed by atoms with Crippen molar-refractivity contribution in [2.75, 3.05) is 0 Å². The summed E-state index contributed by atoms with van der Waals surface area (Å²) >= 11 is 0. The van der Waals surface area contributed by atoms with E-state index in [0.717, 1.165) is 12.3 Å². The van der Waals surface area contributed by atoms with Crippen LogP contribution in [-0.2, 0) is 0 Å². The molecule has 1 aliphatic rings. The van der Waals surface area contributed by atoms with Crippen molar-refractivity contribution in [2.45, 2.75) is 13.3 Å². The molecule has 0 fully saturated rings. The van der Waals surface area contributed by atoms with Gasteiger partial charge in [0.05, 0.1) is 6.54 Å². The molecule has 0 bridgehead atoms. The van der Waals surface area contributed by atoms with Crippen molar-refractivity contribution < 1.29 is 5.11 Å². The first-order valence-corrected chi connectivity index (χ1v) is 2.89. The van der Waals surface area contributed by atoms with Crippen molar-refractivity contribution in [1.82, 2.24) is 5.32 Å². The molecule has 0 saturated carbocycles. The van der Waals surface area contributed by atoms with Crippen LogP contribution in [0.5, 0.6) is 0 Å². The van der Waals surface area contributed by atoms with Gasteiger partial charge in [0.15, 0.2) is 0 Å². The molecule has 2 N–H and O–H groups in total. The van der Waals surface area contributed by atoms with E-state index >= 15 is 0 Å². The number of aliphatic imine (C=N–C) groups is 1. The molecule has 0 aromatic heterocycles. The Balaban J connectivity index is 2.63. The summed E-state index contributed by atoms with van der Waals surface area (Å²) in [5.41, 5.74) is 0. The highest BCUT2D eigenvalue weighted by Gasteiger charge is 2.00. The summed E-state index contributed by atoms with van der Waals surface area (Å²) < 4.78 is 0. The van der Waals surface area contributed by atoms with Crippen molar-refractivity contribution in [1.29, 1.82) is 0 Å². The van der Waals surface area contributed by atoms with Crippen LogP contribution in [0.2, 0.25) is 0 Å². The topological polar surface area (TPSA) is 44.6 Å². The Labute approximate surface area is 54.1 Å². The third-order valence-electron chi connectivity index (χ3n) is 1.07. The highest BCUT2D eigenvalue weighted by molar-refractivity contribution is 5.84. The maximum atomic E-state index is 8.81. The van der Waals surface area contributed by atoms with E-state index in [-0.39, 0.29) is 5.88 Å². The Kier molecular flexibility index (Phi) is 1.72. The van der Waals surface area contributed by atoms with Gasteiger partial charge in [0.25, 0.3) is 0 Å². The zero-order valence-corrected chi connectivity index (χ0v) is 5.26. The van der Waals surface area contributed by atoms with E-state index in [2.05, 4.69) is 10.3 Å². The Morgan fingerprint density at radius 1 is 1.78 bits per heavy atom. The average molecular weight is 125 g/mol. The Bertz CT molecular complexity index is 160. The van der Waals surface area contributed by atoms with E-state index in [1.54, 1.807) is 6.54 Å². The summed E-state index contributed by atoms with van der Waals surface area (Å²) in [6, 6.07) is 0. The van der Waals surface area contributed by atoms with Gasteiger partial charge >= 0.3 is 0 Å². The van der Waals surface area contributed by atoms with E-state index in [1.165, 1.54) is 6.08 Å². The largest absolute Gasteiger partial charge is 0.493 e. The molecule has 0 aliphatic carbocycles. The standard InChI is InChI=1S/C6H9N2O/c1-2-5-7-4-3-6(9)8-5/h3-4,9H,2H2,1H3,(H,7,8). The first kappa shape index (κ1) is 6.13. The molecular weight excluding hydrogens is 116 g/mol. The third-order valence-corrected chi connectivity index (χ3v) is 1.07. The number of aliphatic hydroxyl groups is 1. The number of hydrogen-bond acceptors (Lipinski definition) is 3. The fourth-order valence-corrected chi connectivity index (χ4v) is 0.601. The van der Waals surface area contributed by atoms with Gasteiger partial charge in [-0.2, -0.15) is 0 Å². The van der Waals surface area contributed by atoms with E-state index in [0.29, 0.717) is 0 Å². The molecule has 49 valence electrons. The van der Waals surface area contributed by atoms with Crippen molar-refractivity contribution >= 4 is 5.84 Å². The Hall–Kier alpha value is -0.990. The molecule has 1 radical (unpaired) electrons. The Morgan fingerprint density at radius 2 is 2.56 bits per heavy atom. The minimum atomic E-state index is 0.0746. The number of hydrogen-bond donors (Lipinski definition) is 2. The van der Waals surface area contributed by atoms with Gasteiger partial charge in [-0.15, -0.1) is 0 Å². The minimum absolute atomic E-state index is 0.0746. The molecular formula is C6H9N2O. The number of rotatable bonds is 1. The second kappa shape index (κ2) is 2.53. The molecule has 1 aliphatic heterocycles. The van der Waals surface area contributed by atoms with Gasteiger partial charge in [-0.05, 0) is 0 Å². The van der Waals surface area contributed by atoms with Gasteiger partial charge in [0.2, 0.25) is 5.88 Å². The smallest absolute Gasteiger partial charge is 0.210 e. The van der Waals surface area contributed by atoms with Gasteiger partial charge in [0.1, 0.15) is 5.84 Å². The molecule has 0 aromatic carbocycles. The van der Waals surface area contributed by atoms with Crippen LogP contribution in [0.1, 0.15) is 13.3 Å². The van der Waals surface area contributed by atoms with E-state index in [1.807, 2.05) is 6.92 Å². The molecule has 1 rings (SSSR count). The second-order valence-electron chi connectivity index (χ2n) is 1.75. The molecule has 3 heteroatoms. The van der Waals surface area contributed by atoms with E-state index in [4.69, 9.17) is 5.11 Å². The maximum Gasteiger partial charge on any atom is 0.210 e. The van der Waals surface area contributed by atoms with Crippen LogP contribution >= 0.6 is 0 Å². The van der Waals surface area contributed by atoms with Crippen molar-refractivity contribution in [2.24, 2.45) is 4.99 Å². The van der Waals surface area contributed by atoms with Crippen LogP contribution < -0.4 is 5.32 Å². The molecule has 1 heterocycles. The van der Waals surface area contributed by atoms with E-state index < -0.39 is 0 Å². The second-order valence-corrected chi connectivity index (χ2v) is 1.75. The lowest BCUT2D eigenvalue weighted by molar-refractivity contribution is 0.403. The highest BCUT2D eigenvalue weighted by atomic mass is 16.3. The van der Waals surface area contributed by atoms with Gasteiger partial charge in [-0.3, -0.25) is 0 Å². The summed E-state index contributed by atoms with van der Waals surface area (Å²) in [4.78, 5) is 3.79. The molecule has 0 unspecified atom stereocenters. The molecule has 0 saturated heterocycles. The monoisotopic (exact) mass is 125 g/mol.